The first kappa shape index (κ1) is 17.0. The Hall–Kier alpha value is -0.390. The predicted octanol–water partition coefficient (Wildman–Crippen LogP) is 1.48. The van der Waals surface area contributed by atoms with Gasteiger partial charge in [0.2, 0.25) is 0 Å². The summed E-state index contributed by atoms with van der Waals surface area (Å²) >= 11 is 3.88. The third-order valence-corrected chi connectivity index (χ3v) is 1.99. The van der Waals surface area contributed by atoms with E-state index in [1.54, 1.807) is 14.2 Å². The van der Waals surface area contributed by atoms with Crippen molar-refractivity contribution in [3.8, 4) is 0 Å². The van der Waals surface area contributed by atoms with Crippen molar-refractivity contribution < 1.29 is 19.1 Å². The van der Waals surface area contributed by atoms with E-state index in [4.69, 9.17) is 0 Å². The molecule has 0 fully saturated rings. The van der Waals surface area contributed by atoms with Crippen molar-refractivity contribution in [3.63, 3.8) is 0 Å². The van der Waals surface area contributed by atoms with Crippen LogP contribution in [-0.2, 0) is 19.1 Å². The summed E-state index contributed by atoms with van der Waals surface area (Å²) in [5.74, 6) is 0.107. The smallest absolute Gasteiger partial charge is 0.154 e. The van der Waals surface area contributed by atoms with E-state index in [9.17, 15) is 9.59 Å². The zero-order valence-corrected chi connectivity index (χ0v) is 10.6. The number of rotatable bonds is 6. The molecule has 0 bridgehead atoms. The first-order chi connectivity index (χ1) is 6.97. The predicted molar refractivity (Wildman–Crippen MR) is 62.2 cm³/mol. The van der Waals surface area contributed by atoms with E-state index in [0.717, 1.165) is 6.29 Å². The van der Waals surface area contributed by atoms with E-state index in [1.165, 1.54) is 6.92 Å². The van der Waals surface area contributed by atoms with E-state index >= 15 is 0 Å². The van der Waals surface area contributed by atoms with Gasteiger partial charge < -0.3 is 19.1 Å². The van der Waals surface area contributed by atoms with Gasteiger partial charge in [0.25, 0.3) is 0 Å². The standard InChI is InChI=1S/C6H10O2S.C4H10O2/c1-5(8)2-3-6(9)4-7;1-4(5-2)6-3/h4,6,9H,2-3H2,1H3;4H,1-3H3. The van der Waals surface area contributed by atoms with Gasteiger partial charge in [0.1, 0.15) is 12.1 Å². The summed E-state index contributed by atoms with van der Waals surface area (Å²) in [6, 6.07) is 0. The number of hydrogen-bond acceptors (Lipinski definition) is 5. The Kier molecular flexibility index (Phi) is 13.3. The molecule has 0 N–H and O–H groups in total. The first-order valence-corrected chi connectivity index (χ1v) is 5.17. The van der Waals surface area contributed by atoms with Gasteiger partial charge in [-0.3, -0.25) is 0 Å². The van der Waals surface area contributed by atoms with Gasteiger partial charge in [0.05, 0.1) is 5.25 Å². The number of ketones is 1. The largest absolute Gasteiger partial charge is 0.356 e. The Balaban J connectivity index is 0. The lowest BCUT2D eigenvalue weighted by Gasteiger charge is -2.03. The molecule has 5 heteroatoms. The quantitative estimate of drug-likeness (QED) is 0.431. The molecule has 4 nitrogen and oxygen atoms in total. The molecule has 0 aromatic heterocycles. The van der Waals surface area contributed by atoms with Crippen LogP contribution in [0.4, 0.5) is 0 Å². The molecule has 0 aliphatic heterocycles. The van der Waals surface area contributed by atoms with Crippen LogP contribution in [0.5, 0.6) is 0 Å². The van der Waals surface area contributed by atoms with Crippen LogP contribution >= 0.6 is 12.6 Å². The molecule has 0 aromatic carbocycles. The van der Waals surface area contributed by atoms with Crippen LogP contribution in [0.2, 0.25) is 0 Å². The first-order valence-electron chi connectivity index (χ1n) is 4.66. The minimum absolute atomic E-state index is 0.0648. The highest BCUT2D eigenvalue weighted by atomic mass is 32.1. The SMILES string of the molecule is CC(=O)CCC(S)C=O.COC(C)OC. The van der Waals surface area contributed by atoms with Crippen molar-refractivity contribution >= 4 is 24.7 Å². The van der Waals surface area contributed by atoms with Crippen LogP contribution in [0.3, 0.4) is 0 Å². The summed E-state index contributed by atoms with van der Waals surface area (Å²) in [7, 11) is 3.21. The Labute approximate surface area is 96.7 Å². The molecular formula is C10H20O4S. The normalized spacial score (nSPS) is 11.6. The Morgan fingerprint density at radius 3 is 2.07 bits per heavy atom. The summed E-state index contributed by atoms with van der Waals surface area (Å²) < 4.78 is 9.35. The van der Waals surface area contributed by atoms with Crippen LogP contribution in [0.25, 0.3) is 0 Å². The molecule has 0 heterocycles. The fraction of sp³-hybridized carbons (Fsp3) is 0.800. The highest BCUT2D eigenvalue weighted by Gasteiger charge is 2.01. The van der Waals surface area contributed by atoms with Crippen LogP contribution < -0.4 is 0 Å². The van der Waals surface area contributed by atoms with E-state index < -0.39 is 0 Å². The van der Waals surface area contributed by atoms with Gasteiger partial charge in [-0.15, -0.1) is 0 Å². The highest BCUT2D eigenvalue weighted by Crippen LogP contribution is 2.01. The Bertz CT molecular complexity index is 169. The van der Waals surface area contributed by atoms with E-state index in [-0.39, 0.29) is 17.3 Å². The van der Waals surface area contributed by atoms with Gasteiger partial charge in [0.15, 0.2) is 6.29 Å². The minimum atomic E-state index is -0.270. The molecular weight excluding hydrogens is 216 g/mol. The maximum Gasteiger partial charge on any atom is 0.154 e. The Morgan fingerprint density at radius 2 is 1.87 bits per heavy atom. The minimum Gasteiger partial charge on any atom is -0.356 e. The van der Waals surface area contributed by atoms with Gasteiger partial charge >= 0.3 is 0 Å². The molecule has 0 aliphatic rings. The average molecular weight is 236 g/mol. The van der Waals surface area contributed by atoms with Gasteiger partial charge in [-0.2, -0.15) is 12.6 Å². The number of ether oxygens (including phenoxy) is 2. The summed E-state index contributed by atoms with van der Waals surface area (Å²) in [5.41, 5.74) is 0. The fourth-order valence-electron chi connectivity index (χ4n) is 0.515. The van der Waals surface area contributed by atoms with Gasteiger partial charge in [-0.25, -0.2) is 0 Å². The lowest BCUT2D eigenvalue weighted by molar-refractivity contribution is -0.117. The summed E-state index contributed by atoms with van der Waals surface area (Å²) in [4.78, 5) is 20.2. The third-order valence-electron chi connectivity index (χ3n) is 1.61. The fourth-order valence-corrected chi connectivity index (χ4v) is 0.645. The molecule has 0 radical (unpaired) electrons. The molecule has 0 rings (SSSR count). The molecule has 0 saturated carbocycles. The Morgan fingerprint density at radius 1 is 1.40 bits per heavy atom. The number of carbonyl (C=O) groups is 2. The van der Waals surface area contributed by atoms with Crippen molar-refractivity contribution in [1.29, 1.82) is 0 Å². The van der Waals surface area contributed by atoms with Gasteiger partial charge in [-0.05, 0) is 20.3 Å². The van der Waals surface area contributed by atoms with E-state index in [2.05, 4.69) is 22.1 Å². The van der Waals surface area contributed by atoms with Crippen molar-refractivity contribution in [1.82, 2.24) is 0 Å². The third kappa shape index (κ3) is 16.3. The summed E-state index contributed by atoms with van der Waals surface area (Å²) in [6.45, 7) is 3.34. The molecule has 0 aromatic rings. The number of hydrogen-bond donors (Lipinski definition) is 1. The molecule has 1 unspecified atom stereocenters. The molecule has 90 valence electrons. The van der Waals surface area contributed by atoms with Crippen molar-refractivity contribution in [2.45, 2.75) is 38.2 Å². The number of aldehydes is 1. The topological polar surface area (TPSA) is 52.6 Å². The summed E-state index contributed by atoms with van der Waals surface area (Å²) in [6.07, 6.45) is 1.69. The van der Waals surface area contributed by atoms with Crippen LogP contribution in [-0.4, -0.2) is 37.8 Å². The average Bonchev–Trinajstić information content (AvgIpc) is 2.25. The molecule has 15 heavy (non-hydrogen) atoms. The molecule has 0 amide bonds. The zero-order valence-electron chi connectivity index (χ0n) is 9.73. The maximum atomic E-state index is 10.3. The summed E-state index contributed by atoms with van der Waals surface area (Å²) in [5, 5.41) is -0.270. The van der Waals surface area contributed by atoms with Crippen molar-refractivity contribution in [2.24, 2.45) is 0 Å². The van der Waals surface area contributed by atoms with Crippen LogP contribution in [0.1, 0.15) is 26.7 Å². The number of thiol groups is 1. The monoisotopic (exact) mass is 236 g/mol. The zero-order chi connectivity index (χ0) is 12.3. The van der Waals surface area contributed by atoms with Crippen molar-refractivity contribution in [3.05, 3.63) is 0 Å². The molecule has 0 saturated heterocycles. The second-order valence-electron chi connectivity index (χ2n) is 2.98. The number of Topliss-reactive ketones (excluding diaryl/α,β-unsaturated/α-hetero) is 1. The second-order valence-corrected chi connectivity index (χ2v) is 3.65. The molecule has 0 aliphatic carbocycles. The maximum absolute atomic E-state index is 10.3. The lowest BCUT2D eigenvalue weighted by Crippen LogP contribution is -2.05. The van der Waals surface area contributed by atoms with E-state index in [1.807, 2.05) is 6.92 Å². The molecule has 0 spiro atoms. The van der Waals surface area contributed by atoms with Crippen LogP contribution in [0, 0.1) is 0 Å². The molecule has 1 atom stereocenters. The lowest BCUT2D eigenvalue weighted by atomic mass is 10.2. The van der Waals surface area contributed by atoms with Gasteiger partial charge in [-0.1, -0.05) is 0 Å². The van der Waals surface area contributed by atoms with Crippen LogP contribution in [0.15, 0.2) is 0 Å². The van der Waals surface area contributed by atoms with Crippen molar-refractivity contribution in [2.75, 3.05) is 14.2 Å². The van der Waals surface area contributed by atoms with E-state index in [0.29, 0.717) is 12.8 Å². The van der Waals surface area contributed by atoms with Gasteiger partial charge in [0, 0.05) is 20.6 Å². The number of methoxy groups -OCH3 is 2. The highest BCUT2D eigenvalue weighted by molar-refractivity contribution is 7.81. The number of carbonyl (C=O) groups excluding carboxylic acids is 2. The second kappa shape index (κ2) is 11.7.